The number of nitrogens with zero attached hydrogens (tertiary/aromatic N) is 1. The standard InChI is InChI=1S/C11H15NO2/c1-4-14-12-9(2)10-5-7-11(13-3)8-6-10/h5-8H,4H2,1-3H3. The third-order valence-electron chi connectivity index (χ3n) is 1.84. The zero-order valence-corrected chi connectivity index (χ0v) is 8.78. The summed E-state index contributed by atoms with van der Waals surface area (Å²) >= 11 is 0. The maximum atomic E-state index is 5.06. The summed E-state index contributed by atoms with van der Waals surface area (Å²) < 4.78 is 5.06. The van der Waals surface area contributed by atoms with E-state index < -0.39 is 0 Å². The van der Waals surface area contributed by atoms with Gasteiger partial charge in [-0.15, -0.1) is 0 Å². The minimum atomic E-state index is 0.591. The first-order valence-electron chi connectivity index (χ1n) is 4.59. The molecule has 0 aromatic heterocycles. The van der Waals surface area contributed by atoms with Crippen molar-refractivity contribution in [1.29, 1.82) is 0 Å². The molecule has 14 heavy (non-hydrogen) atoms. The molecule has 0 heterocycles. The number of rotatable bonds is 4. The van der Waals surface area contributed by atoms with Gasteiger partial charge < -0.3 is 9.57 Å². The molecule has 1 aromatic rings. The van der Waals surface area contributed by atoms with Gasteiger partial charge in [0.05, 0.1) is 12.8 Å². The Labute approximate surface area is 84.3 Å². The van der Waals surface area contributed by atoms with E-state index in [9.17, 15) is 0 Å². The van der Waals surface area contributed by atoms with Crippen LogP contribution in [0.3, 0.4) is 0 Å². The van der Waals surface area contributed by atoms with Gasteiger partial charge in [0.25, 0.3) is 0 Å². The summed E-state index contributed by atoms with van der Waals surface area (Å²) in [5.41, 5.74) is 1.91. The van der Waals surface area contributed by atoms with Gasteiger partial charge in [0.15, 0.2) is 0 Å². The Balaban J connectivity index is 2.76. The normalized spacial score (nSPS) is 11.2. The third-order valence-corrected chi connectivity index (χ3v) is 1.84. The second-order valence-electron chi connectivity index (χ2n) is 2.82. The van der Waals surface area contributed by atoms with E-state index >= 15 is 0 Å². The van der Waals surface area contributed by atoms with Crippen LogP contribution >= 0.6 is 0 Å². The van der Waals surface area contributed by atoms with Gasteiger partial charge in [-0.3, -0.25) is 0 Å². The van der Waals surface area contributed by atoms with Crippen LogP contribution in [0.1, 0.15) is 19.4 Å². The largest absolute Gasteiger partial charge is 0.497 e. The number of oxime groups is 1. The quantitative estimate of drug-likeness (QED) is 0.543. The minimum Gasteiger partial charge on any atom is -0.497 e. The maximum absolute atomic E-state index is 5.06. The van der Waals surface area contributed by atoms with E-state index in [0.29, 0.717) is 6.61 Å². The highest BCUT2D eigenvalue weighted by Crippen LogP contribution is 2.11. The predicted octanol–water partition coefficient (Wildman–Crippen LogP) is 2.46. The van der Waals surface area contributed by atoms with Crippen molar-refractivity contribution in [2.24, 2.45) is 5.16 Å². The lowest BCUT2D eigenvalue weighted by Crippen LogP contribution is -1.96. The van der Waals surface area contributed by atoms with Gasteiger partial charge in [-0.25, -0.2) is 0 Å². The fourth-order valence-corrected chi connectivity index (χ4v) is 1.05. The fraction of sp³-hybridized carbons (Fsp3) is 0.364. The molecule has 0 N–H and O–H groups in total. The molecule has 0 aliphatic rings. The lowest BCUT2D eigenvalue weighted by atomic mass is 10.1. The fourth-order valence-electron chi connectivity index (χ4n) is 1.05. The number of ether oxygens (including phenoxy) is 1. The highest BCUT2D eigenvalue weighted by molar-refractivity contribution is 5.98. The Kier molecular flexibility index (Phi) is 3.98. The van der Waals surface area contributed by atoms with Crippen LogP contribution in [-0.2, 0) is 4.84 Å². The SMILES string of the molecule is CCON=C(C)c1ccc(OC)cc1. The number of hydrogen-bond acceptors (Lipinski definition) is 3. The van der Waals surface area contributed by atoms with Crippen LogP contribution in [0.2, 0.25) is 0 Å². The summed E-state index contributed by atoms with van der Waals surface area (Å²) in [4.78, 5) is 4.96. The highest BCUT2D eigenvalue weighted by Gasteiger charge is 1.97. The molecular formula is C11H15NO2. The topological polar surface area (TPSA) is 30.8 Å². The maximum Gasteiger partial charge on any atom is 0.118 e. The van der Waals surface area contributed by atoms with Crippen LogP contribution in [0.5, 0.6) is 5.75 Å². The molecule has 76 valence electrons. The second kappa shape index (κ2) is 5.27. The van der Waals surface area contributed by atoms with Gasteiger partial charge in [0, 0.05) is 0 Å². The molecule has 0 saturated heterocycles. The third kappa shape index (κ3) is 2.76. The van der Waals surface area contributed by atoms with Crippen molar-refractivity contribution in [1.82, 2.24) is 0 Å². The van der Waals surface area contributed by atoms with Gasteiger partial charge in [-0.2, -0.15) is 0 Å². The molecule has 0 saturated carbocycles. The van der Waals surface area contributed by atoms with E-state index in [1.807, 2.05) is 38.1 Å². The molecule has 1 rings (SSSR count). The summed E-state index contributed by atoms with van der Waals surface area (Å²) in [5.74, 6) is 0.845. The van der Waals surface area contributed by atoms with Crippen molar-refractivity contribution < 1.29 is 9.57 Å². The van der Waals surface area contributed by atoms with E-state index in [1.165, 1.54) is 0 Å². The Hall–Kier alpha value is -1.51. The van der Waals surface area contributed by atoms with Crippen LogP contribution < -0.4 is 4.74 Å². The van der Waals surface area contributed by atoms with Gasteiger partial charge in [0.1, 0.15) is 12.4 Å². The zero-order chi connectivity index (χ0) is 10.4. The monoisotopic (exact) mass is 193 g/mol. The van der Waals surface area contributed by atoms with Crippen molar-refractivity contribution in [2.45, 2.75) is 13.8 Å². The Bertz CT molecular complexity index is 304. The molecule has 1 aromatic carbocycles. The molecule has 3 nitrogen and oxygen atoms in total. The van der Waals surface area contributed by atoms with Crippen molar-refractivity contribution in [3.8, 4) is 5.75 Å². The lowest BCUT2D eigenvalue weighted by molar-refractivity contribution is 0.159. The highest BCUT2D eigenvalue weighted by atomic mass is 16.6. The molecule has 0 radical (unpaired) electrons. The first-order chi connectivity index (χ1) is 6.77. The summed E-state index contributed by atoms with van der Waals surface area (Å²) in [5, 5.41) is 3.94. The van der Waals surface area contributed by atoms with E-state index in [4.69, 9.17) is 9.57 Å². The summed E-state index contributed by atoms with van der Waals surface area (Å²) in [7, 11) is 1.65. The van der Waals surface area contributed by atoms with Crippen LogP contribution in [0, 0.1) is 0 Å². The molecule has 0 unspecified atom stereocenters. The molecule has 0 fully saturated rings. The van der Waals surface area contributed by atoms with Crippen LogP contribution in [0.4, 0.5) is 0 Å². The lowest BCUT2D eigenvalue weighted by Gasteiger charge is -2.02. The average molecular weight is 193 g/mol. The number of methoxy groups -OCH3 is 1. The first kappa shape index (κ1) is 10.6. The smallest absolute Gasteiger partial charge is 0.118 e. The van der Waals surface area contributed by atoms with Gasteiger partial charge in [-0.05, 0) is 43.7 Å². The molecule has 0 aliphatic carbocycles. The number of hydrogen-bond donors (Lipinski definition) is 0. The summed E-state index contributed by atoms with van der Waals surface area (Å²) in [6.45, 7) is 4.41. The molecule has 3 heteroatoms. The summed E-state index contributed by atoms with van der Waals surface area (Å²) in [6, 6.07) is 7.72. The van der Waals surface area contributed by atoms with Crippen LogP contribution in [0.25, 0.3) is 0 Å². The van der Waals surface area contributed by atoms with Crippen molar-refractivity contribution in [3.63, 3.8) is 0 Å². The van der Waals surface area contributed by atoms with Gasteiger partial charge >= 0.3 is 0 Å². The van der Waals surface area contributed by atoms with E-state index in [0.717, 1.165) is 17.0 Å². The molecule has 0 spiro atoms. The minimum absolute atomic E-state index is 0.591. The Morgan fingerprint density at radius 2 is 1.93 bits per heavy atom. The first-order valence-corrected chi connectivity index (χ1v) is 4.59. The molecule has 0 bridgehead atoms. The van der Waals surface area contributed by atoms with Gasteiger partial charge in [0.2, 0.25) is 0 Å². The average Bonchev–Trinajstić information content (AvgIpc) is 2.26. The van der Waals surface area contributed by atoms with Crippen LogP contribution in [-0.4, -0.2) is 19.4 Å². The van der Waals surface area contributed by atoms with Crippen molar-refractivity contribution in [2.75, 3.05) is 13.7 Å². The Morgan fingerprint density at radius 3 is 2.43 bits per heavy atom. The van der Waals surface area contributed by atoms with Gasteiger partial charge in [-0.1, -0.05) is 5.16 Å². The predicted molar refractivity (Wildman–Crippen MR) is 56.8 cm³/mol. The van der Waals surface area contributed by atoms with Crippen LogP contribution in [0.15, 0.2) is 29.4 Å². The van der Waals surface area contributed by atoms with E-state index in [1.54, 1.807) is 7.11 Å². The summed E-state index contributed by atoms with van der Waals surface area (Å²) in [6.07, 6.45) is 0. The molecule has 0 aliphatic heterocycles. The Morgan fingerprint density at radius 1 is 1.29 bits per heavy atom. The second-order valence-corrected chi connectivity index (χ2v) is 2.82. The zero-order valence-electron chi connectivity index (χ0n) is 8.78. The van der Waals surface area contributed by atoms with E-state index in [2.05, 4.69) is 5.16 Å². The molecular weight excluding hydrogens is 178 g/mol. The molecule has 0 atom stereocenters. The van der Waals surface area contributed by atoms with E-state index in [-0.39, 0.29) is 0 Å². The number of benzene rings is 1. The van der Waals surface area contributed by atoms with Crippen molar-refractivity contribution >= 4 is 5.71 Å². The van der Waals surface area contributed by atoms with Crippen molar-refractivity contribution in [3.05, 3.63) is 29.8 Å². The molecule has 0 amide bonds.